The molecule has 1 aliphatic rings. The van der Waals surface area contributed by atoms with Crippen molar-refractivity contribution in [2.45, 2.75) is 6.54 Å². The van der Waals surface area contributed by atoms with E-state index in [0.29, 0.717) is 10.7 Å². The van der Waals surface area contributed by atoms with E-state index in [0.717, 1.165) is 44.0 Å². The molecule has 0 bridgehead atoms. The number of rotatable bonds is 3. The highest BCUT2D eigenvalue weighted by atomic mass is 35.5. The fourth-order valence-electron chi connectivity index (χ4n) is 2.77. The molecule has 0 unspecified atom stereocenters. The summed E-state index contributed by atoms with van der Waals surface area (Å²) >= 11 is 6.27. The summed E-state index contributed by atoms with van der Waals surface area (Å²) in [4.78, 5) is 4.65. The molecule has 5 heteroatoms. The maximum absolute atomic E-state index is 12.9. The van der Waals surface area contributed by atoms with Gasteiger partial charge in [0.15, 0.2) is 0 Å². The van der Waals surface area contributed by atoms with Crippen LogP contribution in [0.1, 0.15) is 5.56 Å². The Morgan fingerprint density at radius 1 is 1.00 bits per heavy atom. The molecule has 1 fully saturated rings. The van der Waals surface area contributed by atoms with Crippen molar-refractivity contribution >= 4 is 23.0 Å². The molecule has 1 saturated heterocycles. The first-order valence-electron chi connectivity index (χ1n) is 7.38. The molecule has 3 rings (SSSR count). The van der Waals surface area contributed by atoms with Crippen LogP contribution < -0.4 is 10.6 Å². The lowest BCUT2D eigenvalue weighted by atomic mass is 10.2. The quantitative estimate of drug-likeness (QED) is 0.880. The van der Waals surface area contributed by atoms with Gasteiger partial charge in [-0.25, -0.2) is 4.39 Å². The molecule has 0 atom stereocenters. The van der Waals surface area contributed by atoms with E-state index in [2.05, 4.69) is 9.80 Å². The van der Waals surface area contributed by atoms with E-state index in [1.165, 1.54) is 12.1 Å². The van der Waals surface area contributed by atoms with Crippen LogP contribution in [0.25, 0.3) is 0 Å². The number of hydrogen-bond donors (Lipinski definition) is 1. The first-order chi connectivity index (χ1) is 10.6. The van der Waals surface area contributed by atoms with E-state index in [1.807, 2.05) is 24.3 Å². The minimum absolute atomic E-state index is 0.188. The second-order valence-corrected chi connectivity index (χ2v) is 6.01. The van der Waals surface area contributed by atoms with Crippen LogP contribution in [0.2, 0.25) is 5.02 Å². The average Bonchev–Trinajstić information content (AvgIpc) is 2.51. The average molecular weight is 320 g/mol. The largest absolute Gasteiger partial charge is 0.399 e. The van der Waals surface area contributed by atoms with Crippen LogP contribution in [-0.4, -0.2) is 31.1 Å². The van der Waals surface area contributed by atoms with Gasteiger partial charge in [0.25, 0.3) is 0 Å². The van der Waals surface area contributed by atoms with Crippen LogP contribution in [0.4, 0.5) is 15.8 Å². The lowest BCUT2D eigenvalue weighted by molar-refractivity contribution is 0.250. The van der Waals surface area contributed by atoms with Crippen LogP contribution in [-0.2, 0) is 6.54 Å². The van der Waals surface area contributed by atoms with E-state index < -0.39 is 0 Å². The Bertz CT molecular complexity index is 637. The molecule has 116 valence electrons. The standard InChI is InChI=1S/C17H19ClFN3/c18-16-11-15(20)5-6-17(16)22-9-7-21(8-10-22)12-13-1-3-14(19)4-2-13/h1-6,11H,7-10,12,20H2. The number of nitrogens with zero attached hydrogens (tertiary/aromatic N) is 2. The predicted molar refractivity (Wildman–Crippen MR) is 89.8 cm³/mol. The van der Waals surface area contributed by atoms with E-state index in [4.69, 9.17) is 17.3 Å². The van der Waals surface area contributed by atoms with Crippen molar-refractivity contribution in [3.63, 3.8) is 0 Å². The van der Waals surface area contributed by atoms with Crippen molar-refractivity contribution in [3.8, 4) is 0 Å². The molecule has 2 aromatic carbocycles. The van der Waals surface area contributed by atoms with Crippen LogP contribution in [0, 0.1) is 5.82 Å². The van der Waals surface area contributed by atoms with Gasteiger partial charge in [-0.3, -0.25) is 4.90 Å². The zero-order valence-corrected chi connectivity index (χ0v) is 13.1. The molecule has 0 aliphatic carbocycles. The number of piperazine rings is 1. The van der Waals surface area contributed by atoms with Gasteiger partial charge in [-0.05, 0) is 35.9 Å². The number of halogens is 2. The van der Waals surface area contributed by atoms with E-state index in [1.54, 1.807) is 6.07 Å². The number of nitrogens with two attached hydrogens (primary N) is 1. The van der Waals surface area contributed by atoms with E-state index in [9.17, 15) is 4.39 Å². The SMILES string of the molecule is Nc1ccc(N2CCN(Cc3ccc(F)cc3)CC2)c(Cl)c1. The van der Waals surface area contributed by atoms with Gasteiger partial charge >= 0.3 is 0 Å². The number of benzene rings is 2. The topological polar surface area (TPSA) is 32.5 Å². The molecule has 0 amide bonds. The summed E-state index contributed by atoms with van der Waals surface area (Å²) in [5, 5.41) is 0.701. The first-order valence-corrected chi connectivity index (χ1v) is 7.76. The van der Waals surface area contributed by atoms with Gasteiger partial charge in [-0.2, -0.15) is 0 Å². The summed E-state index contributed by atoms with van der Waals surface area (Å²) in [5.41, 5.74) is 8.60. The Balaban J connectivity index is 1.59. The maximum atomic E-state index is 12.9. The highest BCUT2D eigenvalue weighted by molar-refractivity contribution is 6.33. The van der Waals surface area contributed by atoms with Crippen LogP contribution in [0.15, 0.2) is 42.5 Å². The van der Waals surface area contributed by atoms with Gasteiger partial charge in [0.05, 0.1) is 10.7 Å². The Labute approximate surface area is 135 Å². The Hall–Kier alpha value is -1.78. The molecule has 1 heterocycles. The zero-order chi connectivity index (χ0) is 15.5. The zero-order valence-electron chi connectivity index (χ0n) is 12.3. The van der Waals surface area contributed by atoms with Crippen molar-refractivity contribution in [1.29, 1.82) is 0 Å². The second-order valence-electron chi connectivity index (χ2n) is 5.60. The van der Waals surface area contributed by atoms with Crippen molar-refractivity contribution in [3.05, 3.63) is 58.9 Å². The van der Waals surface area contributed by atoms with Gasteiger partial charge in [0.2, 0.25) is 0 Å². The summed E-state index contributed by atoms with van der Waals surface area (Å²) in [5.74, 6) is -0.188. The van der Waals surface area contributed by atoms with Crippen molar-refractivity contribution in [2.75, 3.05) is 36.8 Å². The molecule has 22 heavy (non-hydrogen) atoms. The molecular weight excluding hydrogens is 301 g/mol. The second kappa shape index (κ2) is 6.55. The van der Waals surface area contributed by atoms with Crippen molar-refractivity contribution in [1.82, 2.24) is 4.90 Å². The van der Waals surface area contributed by atoms with Gasteiger partial charge < -0.3 is 10.6 Å². The highest BCUT2D eigenvalue weighted by Gasteiger charge is 2.19. The molecule has 2 N–H and O–H groups in total. The van der Waals surface area contributed by atoms with E-state index >= 15 is 0 Å². The summed E-state index contributed by atoms with van der Waals surface area (Å²) in [7, 11) is 0. The Kier molecular flexibility index (Phi) is 4.50. The van der Waals surface area contributed by atoms with Crippen LogP contribution >= 0.6 is 11.6 Å². The summed E-state index contributed by atoms with van der Waals surface area (Å²) in [6.45, 7) is 4.61. The van der Waals surface area contributed by atoms with Gasteiger partial charge in [-0.1, -0.05) is 23.7 Å². The molecular formula is C17H19ClFN3. The van der Waals surface area contributed by atoms with Crippen molar-refractivity contribution < 1.29 is 4.39 Å². The first kappa shape index (κ1) is 15.1. The summed E-state index contributed by atoms with van der Waals surface area (Å²) < 4.78 is 12.9. The molecule has 1 aliphatic heterocycles. The smallest absolute Gasteiger partial charge is 0.123 e. The van der Waals surface area contributed by atoms with E-state index in [-0.39, 0.29) is 5.82 Å². The van der Waals surface area contributed by atoms with Gasteiger partial charge in [0, 0.05) is 38.4 Å². The summed E-state index contributed by atoms with van der Waals surface area (Å²) in [6, 6.07) is 12.4. The third kappa shape index (κ3) is 3.51. The predicted octanol–water partition coefficient (Wildman–Crippen LogP) is 3.38. The molecule has 0 radical (unpaired) electrons. The Morgan fingerprint density at radius 3 is 2.32 bits per heavy atom. The Morgan fingerprint density at radius 2 is 1.68 bits per heavy atom. The minimum atomic E-state index is -0.188. The van der Waals surface area contributed by atoms with Gasteiger partial charge in [-0.15, -0.1) is 0 Å². The normalized spacial score (nSPS) is 16.0. The monoisotopic (exact) mass is 319 g/mol. The minimum Gasteiger partial charge on any atom is -0.399 e. The van der Waals surface area contributed by atoms with Crippen LogP contribution in [0.3, 0.4) is 0 Å². The molecule has 2 aromatic rings. The molecule has 3 nitrogen and oxygen atoms in total. The number of nitrogen functional groups attached to an aromatic ring is 1. The third-order valence-electron chi connectivity index (χ3n) is 4.00. The lowest BCUT2D eigenvalue weighted by Gasteiger charge is -2.36. The fraction of sp³-hybridized carbons (Fsp3) is 0.294. The van der Waals surface area contributed by atoms with Gasteiger partial charge in [0.1, 0.15) is 5.82 Å². The molecule has 0 aromatic heterocycles. The number of anilines is 2. The molecule has 0 spiro atoms. The van der Waals surface area contributed by atoms with Crippen LogP contribution in [0.5, 0.6) is 0 Å². The lowest BCUT2D eigenvalue weighted by Crippen LogP contribution is -2.46. The third-order valence-corrected chi connectivity index (χ3v) is 4.31. The molecule has 0 saturated carbocycles. The number of hydrogen-bond acceptors (Lipinski definition) is 3. The maximum Gasteiger partial charge on any atom is 0.123 e. The highest BCUT2D eigenvalue weighted by Crippen LogP contribution is 2.28. The summed E-state index contributed by atoms with van der Waals surface area (Å²) in [6.07, 6.45) is 0. The van der Waals surface area contributed by atoms with Crippen molar-refractivity contribution in [2.24, 2.45) is 0 Å². The fourth-order valence-corrected chi connectivity index (χ4v) is 3.08.